The van der Waals surface area contributed by atoms with Crippen molar-refractivity contribution in [3.63, 3.8) is 0 Å². The number of aromatic nitrogens is 1. The summed E-state index contributed by atoms with van der Waals surface area (Å²) in [4.78, 5) is 14.9. The Morgan fingerprint density at radius 1 is 1.21 bits per heavy atom. The molecule has 0 atom stereocenters. The van der Waals surface area contributed by atoms with Crippen LogP contribution < -0.4 is 16.4 Å². The standard InChI is InChI=1S/C17H14F6N4O2/c18-9-3-7(17(21,22)23)5-25-12(9)6-26-11-4-10(19)15(14(24)13(11)20)27-16(28)29-8-1-2-8/h3-5,8,26H,1-2,6,24H2,(H,27,28). The molecule has 1 aliphatic rings. The molecule has 2 aromatic rings. The van der Waals surface area contributed by atoms with E-state index in [0.29, 0.717) is 25.1 Å². The number of alkyl halides is 3. The number of pyridine rings is 1. The molecule has 1 aromatic carbocycles. The fraction of sp³-hybridized carbons (Fsp3) is 0.294. The SMILES string of the molecule is Nc1c(F)c(NCc2ncc(C(F)(F)F)cc2F)cc(F)c1NC(=O)OC1CC1. The van der Waals surface area contributed by atoms with Crippen molar-refractivity contribution in [1.29, 1.82) is 0 Å². The number of nitrogen functional groups attached to an aromatic ring is 1. The zero-order valence-corrected chi connectivity index (χ0v) is 14.5. The van der Waals surface area contributed by atoms with E-state index >= 15 is 0 Å². The molecule has 0 saturated heterocycles. The number of carbonyl (C=O) groups is 1. The summed E-state index contributed by atoms with van der Waals surface area (Å²) in [7, 11) is 0. The predicted octanol–water partition coefficient (Wildman–Crippen LogP) is 4.42. The van der Waals surface area contributed by atoms with Crippen LogP contribution in [-0.2, 0) is 17.5 Å². The Bertz CT molecular complexity index is 946. The molecular weight excluding hydrogens is 406 g/mol. The number of amides is 1. The van der Waals surface area contributed by atoms with Crippen LogP contribution in [0.3, 0.4) is 0 Å². The monoisotopic (exact) mass is 420 g/mol. The second-order valence-corrected chi connectivity index (χ2v) is 6.24. The van der Waals surface area contributed by atoms with Crippen LogP contribution in [0, 0.1) is 17.5 Å². The number of anilines is 3. The molecule has 12 heteroatoms. The molecule has 6 nitrogen and oxygen atoms in total. The zero-order valence-electron chi connectivity index (χ0n) is 14.5. The molecule has 1 heterocycles. The lowest BCUT2D eigenvalue weighted by atomic mass is 10.2. The Morgan fingerprint density at radius 2 is 1.90 bits per heavy atom. The first-order chi connectivity index (χ1) is 13.6. The first-order valence-corrected chi connectivity index (χ1v) is 8.27. The first kappa shape index (κ1) is 20.6. The Balaban J connectivity index is 1.73. The topological polar surface area (TPSA) is 89.3 Å². The van der Waals surface area contributed by atoms with Gasteiger partial charge in [-0.15, -0.1) is 0 Å². The van der Waals surface area contributed by atoms with E-state index in [1.54, 1.807) is 0 Å². The van der Waals surface area contributed by atoms with Crippen molar-refractivity contribution in [2.24, 2.45) is 0 Å². The second-order valence-electron chi connectivity index (χ2n) is 6.24. The van der Waals surface area contributed by atoms with E-state index in [2.05, 4.69) is 10.3 Å². The Kier molecular flexibility index (Phi) is 5.44. The van der Waals surface area contributed by atoms with Gasteiger partial charge in [-0.1, -0.05) is 0 Å². The van der Waals surface area contributed by atoms with Gasteiger partial charge in [-0.25, -0.2) is 18.0 Å². The van der Waals surface area contributed by atoms with Gasteiger partial charge in [-0.3, -0.25) is 10.3 Å². The summed E-state index contributed by atoms with van der Waals surface area (Å²) >= 11 is 0. The minimum atomic E-state index is -4.77. The van der Waals surface area contributed by atoms with Crippen LogP contribution in [-0.4, -0.2) is 17.2 Å². The highest BCUT2D eigenvalue weighted by Gasteiger charge is 2.32. The molecule has 3 rings (SSSR count). The number of hydrogen-bond acceptors (Lipinski definition) is 5. The molecule has 29 heavy (non-hydrogen) atoms. The largest absolute Gasteiger partial charge is 0.446 e. The summed E-state index contributed by atoms with van der Waals surface area (Å²) < 4.78 is 84.8. The number of nitrogens with two attached hydrogens (primary N) is 1. The molecule has 0 bridgehead atoms. The zero-order chi connectivity index (χ0) is 21.3. The maximum Gasteiger partial charge on any atom is 0.417 e. The van der Waals surface area contributed by atoms with Crippen LogP contribution in [0.15, 0.2) is 18.3 Å². The Hall–Kier alpha value is -3.18. The lowest BCUT2D eigenvalue weighted by molar-refractivity contribution is -0.138. The van der Waals surface area contributed by atoms with Crippen molar-refractivity contribution in [2.75, 3.05) is 16.4 Å². The summed E-state index contributed by atoms with van der Waals surface area (Å²) in [5, 5.41) is 4.32. The molecule has 156 valence electrons. The Morgan fingerprint density at radius 3 is 2.48 bits per heavy atom. The summed E-state index contributed by atoms with van der Waals surface area (Å²) in [6.45, 7) is -0.545. The molecule has 0 radical (unpaired) electrons. The van der Waals surface area contributed by atoms with Crippen LogP contribution in [0.1, 0.15) is 24.1 Å². The van der Waals surface area contributed by atoms with E-state index < -0.39 is 64.6 Å². The highest BCUT2D eigenvalue weighted by atomic mass is 19.4. The minimum Gasteiger partial charge on any atom is -0.446 e. The van der Waals surface area contributed by atoms with Crippen molar-refractivity contribution in [2.45, 2.75) is 31.7 Å². The van der Waals surface area contributed by atoms with E-state index in [-0.39, 0.29) is 12.2 Å². The quantitative estimate of drug-likeness (QED) is 0.492. The molecular formula is C17H14F6N4O2. The van der Waals surface area contributed by atoms with Gasteiger partial charge in [0.1, 0.15) is 17.6 Å². The highest BCUT2D eigenvalue weighted by Crippen LogP contribution is 2.33. The fourth-order valence-electron chi connectivity index (χ4n) is 2.30. The number of rotatable bonds is 5. The van der Waals surface area contributed by atoms with Crippen LogP contribution in [0.5, 0.6) is 0 Å². The van der Waals surface area contributed by atoms with Gasteiger partial charge in [0.25, 0.3) is 0 Å². The number of benzene rings is 1. The fourth-order valence-corrected chi connectivity index (χ4v) is 2.30. The van der Waals surface area contributed by atoms with Gasteiger partial charge in [-0.05, 0) is 18.9 Å². The van der Waals surface area contributed by atoms with Gasteiger partial charge < -0.3 is 15.8 Å². The van der Waals surface area contributed by atoms with E-state index in [4.69, 9.17) is 10.5 Å². The second kappa shape index (κ2) is 7.68. The molecule has 0 spiro atoms. The molecule has 0 unspecified atom stereocenters. The molecule has 1 aromatic heterocycles. The molecule has 1 amide bonds. The van der Waals surface area contributed by atoms with E-state index in [1.807, 2.05) is 5.32 Å². The lowest BCUT2D eigenvalue weighted by Gasteiger charge is -2.15. The number of nitrogens with one attached hydrogen (secondary N) is 2. The third-order valence-corrected chi connectivity index (χ3v) is 3.97. The van der Waals surface area contributed by atoms with Crippen LogP contribution in [0.2, 0.25) is 0 Å². The predicted molar refractivity (Wildman–Crippen MR) is 90.4 cm³/mol. The van der Waals surface area contributed by atoms with E-state index in [1.165, 1.54) is 0 Å². The van der Waals surface area contributed by atoms with Gasteiger partial charge in [-0.2, -0.15) is 13.2 Å². The number of nitrogens with zero attached hydrogens (tertiary/aromatic N) is 1. The number of halogens is 6. The third kappa shape index (κ3) is 4.81. The Labute approximate surface area is 160 Å². The number of carbonyl (C=O) groups excluding carboxylic acids is 1. The molecule has 1 saturated carbocycles. The molecule has 1 fully saturated rings. The number of ether oxygens (including phenoxy) is 1. The van der Waals surface area contributed by atoms with Gasteiger partial charge in [0.15, 0.2) is 11.6 Å². The summed E-state index contributed by atoms with van der Waals surface area (Å²) in [6.07, 6.45) is -4.25. The van der Waals surface area contributed by atoms with Crippen LogP contribution >= 0.6 is 0 Å². The van der Waals surface area contributed by atoms with Crippen molar-refractivity contribution >= 4 is 23.2 Å². The van der Waals surface area contributed by atoms with Gasteiger partial charge >= 0.3 is 12.3 Å². The van der Waals surface area contributed by atoms with Gasteiger partial charge in [0, 0.05) is 12.3 Å². The van der Waals surface area contributed by atoms with Gasteiger partial charge in [0.05, 0.1) is 29.2 Å². The number of hydrogen-bond donors (Lipinski definition) is 3. The van der Waals surface area contributed by atoms with E-state index in [0.717, 1.165) is 0 Å². The van der Waals surface area contributed by atoms with Gasteiger partial charge in [0.2, 0.25) is 0 Å². The van der Waals surface area contributed by atoms with E-state index in [9.17, 15) is 31.1 Å². The summed E-state index contributed by atoms with van der Waals surface area (Å²) in [6, 6.07) is 0.897. The third-order valence-electron chi connectivity index (χ3n) is 3.97. The first-order valence-electron chi connectivity index (χ1n) is 8.27. The van der Waals surface area contributed by atoms with Crippen molar-refractivity contribution in [3.05, 3.63) is 47.0 Å². The maximum atomic E-state index is 14.4. The summed E-state index contributed by atoms with van der Waals surface area (Å²) in [5.74, 6) is -3.53. The average Bonchev–Trinajstić information content (AvgIpc) is 3.44. The van der Waals surface area contributed by atoms with Crippen molar-refractivity contribution < 1.29 is 35.9 Å². The van der Waals surface area contributed by atoms with Crippen LogP contribution in [0.4, 0.5) is 48.2 Å². The molecule has 1 aliphatic carbocycles. The smallest absolute Gasteiger partial charge is 0.417 e. The summed E-state index contributed by atoms with van der Waals surface area (Å²) in [5.41, 5.74) is 1.91. The average molecular weight is 420 g/mol. The molecule has 4 N–H and O–H groups in total. The molecule has 0 aliphatic heterocycles. The normalized spacial score (nSPS) is 13.9. The minimum absolute atomic E-state index is 0.244. The highest BCUT2D eigenvalue weighted by molar-refractivity contribution is 5.90. The lowest BCUT2D eigenvalue weighted by Crippen LogP contribution is -2.18. The maximum absolute atomic E-state index is 14.4. The van der Waals surface area contributed by atoms with Crippen molar-refractivity contribution in [3.8, 4) is 0 Å². The van der Waals surface area contributed by atoms with Crippen molar-refractivity contribution in [1.82, 2.24) is 4.98 Å². The van der Waals surface area contributed by atoms with Crippen LogP contribution in [0.25, 0.3) is 0 Å².